The molecule has 1 aliphatic rings. The molecule has 1 saturated carbocycles. The largest absolute Gasteiger partial charge is 0.483 e. The zero-order valence-electron chi connectivity index (χ0n) is 21.1. The van der Waals surface area contributed by atoms with Gasteiger partial charge < -0.3 is 15.0 Å². The zero-order valence-corrected chi connectivity index (χ0v) is 23.4. The van der Waals surface area contributed by atoms with E-state index in [0.29, 0.717) is 10.8 Å². The molecule has 0 aromatic heterocycles. The molecule has 2 aromatic rings. The van der Waals surface area contributed by atoms with Crippen LogP contribution in [0.1, 0.15) is 70.9 Å². The first kappa shape index (κ1) is 27.5. The summed E-state index contributed by atoms with van der Waals surface area (Å²) in [6.07, 6.45) is 5.43. The SMILES string of the molecule is C[C@H](C(=O)NC1CCCCC1)N(Cc1ccccc1Cl)C(=O)COc1ccc(C(C)(C)C)cc1Br. The van der Waals surface area contributed by atoms with Crippen LogP contribution in [0.4, 0.5) is 0 Å². The number of amides is 2. The van der Waals surface area contributed by atoms with Crippen LogP contribution in [-0.2, 0) is 21.5 Å². The first-order valence-corrected chi connectivity index (χ1v) is 13.5. The molecule has 1 atom stereocenters. The summed E-state index contributed by atoms with van der Waals surface area (Å²) < 4.78 is 6.68. The number of halogens is 2. The normalized spacial score (nSPS) is 15.4. The van der Waals surface area contributed by atoms with Crippen molar-refractivity contribution in [2.45, 2.75) is 83.8 Å². The molecule has 1 N–H and O–H groups in total. The molecule has 0 heterocycles. The standard InChI is InChI=1S/C28H36BrClN2O3/c1-19(27(34)31-22-11-6-5-7-12-22)32(17-20-10-8-9-13-24(20)30)26(33)18-35-25-15-14-21(16-23(25)29)28(2,3)4/h8-10,13-16,19,22H,5-7,11-12,17-18H2,1-4H3,(H,31,34)/t19-/m1/s1. The number of carbonyl (C=O) groups excluding carboxylic acids is 2. The van der Waals surface area contributed by atoms with Gasteiger partial charge in [-0.15, -0.1) is 0 Å². The van der Waals surface area contributed by atoms with Gasteiger partial charge in [-0.25, -0.2) is 0 Å². The fourth-order valence-electron chi connectivity index (χ4n) is 4.27. The maximum atomic E-state index is 13.4. The summed E-state index contributed by atoms with van der Waals surface area (Å²) in [5, 5.41) is 3.71. The molecule has 0 unspecified atom stereocenters. The second-order valence-corrected chi connectivity index (χ2v) is 11.6. The molecule has 1 aliphatic carbocycles. The Morgan fingerprint density at radius 1 is 1.14 bits per heavy atom. The van der Waals surface area contributed by atoms with Crippen molar-refractivity contribution in [3.63, 3.8) is 0 Å². The van der Waals surface area contributed by atoms with Crippen molar-refractivity contribution < 1.29 is 14.3 Å². The van der Waals surface area contributed by atoms with Crippen molar-refractivity contribution in [3.8, 4) is 5.75 Å². The maximum absolute atomic E-state index is 13.4. The summed E-state index contributed by atoms with van der Waals surface area (Å²) in [5.41, 5.74) is 1.95. The smallest absolute Gasteiger partial charge is 0.261 e. The molecular weight excluding hydrogens is 528 g/mol. The summed E-state index contributed by atoms with van der Waals surface area (Å²) >= 11 is 9.95. The number of ether oxygens (including phenoxy) is 1. The minimum absolute atomic E-state index is 0.00372. The summed E-state index contributed by atoms with van der Waals surface area (Å²) in [5.74, 6) is 0.166. The van der Waals surface area contributed by atoms with Crippen LogP contribution in [-0.4, -0.2) is 35.4 Å². The molecule has 1 fully saturated rings. The van der Waals surface area contributed by atoms with Crippen molar-refractivity contribution >= 4 is 39.3 Å². The Kier molecular flexibility index (Phi) is 9.65. The number of rotatable bonds is 8. The zero-order chi connectivity index (χ0) is 25.6. The Hall–Kier alpha value is -2.05. The van der Waals surface area contributed by atoms with Crippen molar-refractivity contribution in [2.75, 3.05) is 6.61 Å². The van der Waals surface area contributed by atoms with Crippen LogP contribution >= 0.6 is 27.5 Å². The molecule has 2 aromatic carbocycles. The summed E-state index contributed by atoms with van der Waals surface area (Å²) in [6, 6.07) is 12.8. The molecule has 0 spiro atoms. The lowest BCUT2D eigenvalue weighted by Crippen LogP contribution is -2.51. The van der Waals surface area contributed by atoms with Gasteiger partial charge in [0, 0.05) is 17.6 Å². The van der Waals surface area contributed by atoms with Gasteiger partial charge in [0.05, 0.1) is 4.47 Å². The molecule has 3 rings (SSSR count). The van der Waals surface area contributed by atoms with Crippen LogP contribution in [0.3, 0.4) is 0 Å². The molecule has 190 valence electrons. The third kappa shape index (κ3) is 7.71. The van der Waals surface area contributed by atoms with Crippen LogP contribution in [0.5, 0.6) is 5.75 Å². The van der Waals surface area contributed by atoms with Gasteiger partial charge >= 0.3 is 0 Å². The Labute approximate surface area is 222 Å². The highest BCUT2D eigenvalue weighted by atomic mass is 79.9. The fraction of sp³-hybridized carbons (Fsp3) is 0.500. The van der Waals surface area contributed by atoms with E-state index in [4.69, 9.17) is 16.3 Å². The first-order chi connectivity index (χ1) is 16.6. The van der Waals surface area contributed by atoms with Crippen molar-refractivity contribution in [1.82, 2.24) is 10.2 Å². The number of benzene rings is 2. The van der Waals surface area contributed by atoms with E-state index in [9.17, 15) is 9.59 Å². The number of nitrogens with one attached hydrogen (secondary N) is 1. The van der Waals surface area contributed by atoms with E-state index < -0.39 is 6.04 Å². The van der Waals surface area contributed by atoms with Crippen LogP contribution in [0.25, 0.3) is 0 Å². The second kappa shape index (κ2) is 12.3. The molecule has 5 nitrogen and oxygen atoms in total. The summed E-state index contributed by atoms with van der Waals surface area (Å²) in [6.45, 7) is 8.24. The quantitative estimate of drug-likeness (QED) is 0.391. The third-order valence-corrected chi connectivity index (χ3v) is 7.55. The highest BCUT2D eigenvalue weighted by Gasteiger charge is 2.29. The van der Waals surface area contributed by atoms with Crippen molar-refractivity contribution in [3.05, 3.63) is 63.1 Å². The van der Waals surface area contributed by atoms with E-state index in [-0.39, 0.29) is 36.4 Å². The van der Waals surface area contributed by atoms with Gasteiger partial charge in [0.1, 0.15) is 11.8 Å². The average Bonchev–Trinajstić information content (AvgIpc) is 2.82. The fourth-order valence-corrected chi connectivity index (χ4v) is 4.96. The molecule has 35 heavy (non-hydrogen) atoms. The van der Waals surface area contributed by atoms with E-state index in [2.05, 4.69) is 42.0 Å². The minimum atomic E-state index is -0.656. The molecule has 0 radical (unpaired) electrons. The Morgan fingerprint density at radius 2 is 1.83 bits per heavy atom. The lowest BCUT2D eigenvalue weighted by molar-refractivity contribution is -0.142. The molecule has 0 saturated heterocycles. The monoisotopic (exact) mass is 562 g/mol. The lowest BCUT2D eigenvalue weighted by atomic mass is 9.87. The average molecular weight is 564 g/mol. The number of nitrogens with zero attached hydrogens (tertiary/aromatic N) is 1. The Morgan fingerprint density at radius 3 is 2.46 bits per heavy atom. The summed E-state index contributed by atoms with van der Waals surface area (Å²) in [7, 11) is 0. The third-order valence-electron chi connectivity index (χ3n) is 6.57. The lowest BCUT2D eigenvalue weighted by Gasteiger charge is -2.31. The number of hydrogen-bond acceptors (Lipinski definition) is 3. The topological polar surface area (TPSA) is 58.6 Å². The van der Waals surface area contributed by atoms with Gasteiger partial charge in [0.25, 0.3) is 5.91 Å². The number of hydrogen-bond donors (Lipinski definition) is 1. The van der Waals surface area contributed by atoms with Crippen LogP contribution in [0.15, 0.2) is 46.9 Å². The predicted molar refractivity (Wildman–Crippen MR) is 145 cm³/mol. The second-order valence-electron chi connectivity index (χ2n) is 10.3. The van der Waals surface area contributed by atoms with Crippen molar-refractivity contribution in [2.24, 2.45) is 0 Å². The van der Waals surface area contributed by atoms with Gasteiger partial charge in [0.2, 0.25) is 5.91 Å². The van der Waals surface area contributed by atoms with Gasteiger partial charge in [-0.3, -0.25) is 9.59 Å². The van der Waals surface area contributed by atoms with Gasteiger partial charge in [-0.05, 0) is 70.4 Å². The van der Waals surface area contributed by atoms with Gasteiger partial charge in [-0.2, -0.15) is 0 Å². The van der Waals surface area contributed by atoms with Gasteiger partial charge in [0.15, 0.2) is 6.61 Å². The van der Waals surface area contributed by atoms with Gasteiger partial charge in [-0.1, -0.05) is 75.9 Å². The van der Waals surface area contributed by atoms with Crippen LogP contribution in [0, 0.1) is 0 Å². The van der Waals surface area contributed by atoms with E-state index >= 15 is 0 Å². The molecule has 0 aliphatic heterocycles. The highest BCUT2D eigenvalue weighted by Crippen LogP contribution is 2.31. The number of carbonyl (C=O) groups is 2. The van der Waals surface area contributed by atoms with Crippen molar-refractivity contribution in [1.29, 1.82) is 0 Å². The summed E-state index contributed by atoms with van der Waals surface area (Å²) in [4.78, 5) is 28.0. The molecule has 0 bridgehead atoms. The van der Waals surface area contributed by atoms with E-state index in [1.54, 1.807) is 17.9 Å². The van der Waals surface area contributed by atoms with E-state index in [1.165, 1.54) is 6.42 Å². The maximum Gasteiger partial charge on any atom is 0.261 e. The molecular formula is C28H36BrClN2O3. The molecule has 7 heteroatoms. The Balaban J connectivity index is 1.74. The predicted octanol–water partition coefficient (Wildman–Crippen LogP) is 6.65. The van der Waals surface area contributed by atoms with Crippen LogP contribution < -0.4 is 10.1 Å². The van der Waals surface area contributed by atoms with Crippen LogP contribution in [0.2, 0.25) is 5.02 Å². The van der Waals surface area contributed by atoms with E-state index in [0.717, 1.165) is 41.3 Å². The molecule has 2 amide bonds. The Bertz CT molecular complexity index is 1030. The first-order valence-electron chi connectivity index (χ1n) is 12.3. The van der Waals surface area contributed by atoms with E-state index in [1.807, 2.05) is 36.4 Å². The minimum Gasteiger partial charge on any atom is -0.483 e. The highest BCUT2D eigenvalue weighted by molar-refractivity contribution is 9.10.